The molecule has 0 amide bonds. The molecule has 0 aromatic carbocycles. The van der Waals surface area contributed by atoms with Crippen LogP contribution < -0.4 is 0 Å². The first-order chi connectivity index (χ1) is 5.52. The largest absolute Gasteiger partial charge is 0.336 e. The van der Waals surface area contributed by atoms with Crippen LogP contribution in [0.5, 0.6) is 0 Å². The smallest absolute Gasteiger partial charge is 0.312 e. The van der Waals surface area contributed by atoms with Crippen LogP contribution in [0.1, 0.15) is 41.5 Å². The lowest BCUT2D eigenvalue weighted by atomic mass is 10.2. The van der Waals surface area contributed by atoms with Crippen molar-refractivity contribution < 1.29 is 13.6 Å². The monoisotopic (exact) mass is 208 g/mol. The fourth-order valence-electron chi connectivity index (χ4n) is 0.809. The highest BCUT2D eigenvalue weighted by Gasteiger charge is 2.41. The molecule has 0 rings (SSSR count). The Balaban J connectivity index is 4.79. The SMILES string of the molecule is COP(=O)(OC(C)(C)C)C(C)(C)C. The maximum absolute atomic E-state index is 12.2. The number of hydrogen-bond acceptors (Lipinski definition) is 3. The first kappa shape index (κ1) is 13.2. The Hall–Kier alpha value is 0.150. The molecule has 13 heavy (non-hydrogen) atoms. The summed E-state index contributed by atoms with van der Waals surface area (Å²) in [5.41, 5.74) is -0.446. The van der Waals surface area contributed by atoms with Gasteiger partial charge >= 0.3 is 7.60 Å². The standard InChI is InChI=1S/C9H21O3P/c1-8(2,3)12-13(10,11-7)9(4,5)6/h1-7H3. The van der Waals surface area contributed by atoms with Gasteiger partial charge in [0.2, 0.25) is 0 Å². The highest BCUT2D eigenvalue weighted by atomic mass is 31.2. The fourth-order valence-corrected chi connectivity index (χ4v) is 2.43. The van der Waals surface area contributed by atoms with Crippen molar-refractivity contribution in [2.45, 2.75) is 52.3 Å². The summed E-state index contributed by atoms with van der Waals surface area (Å²) >= 11 is 0. The molecule has 0 aromatic rings. The second-order valence-corrected chi connectivity index (χ2v) is 7.94. The molecule has 0 aliphatic rings. The minimum Gasteiger partial charge on any atom is -0.312 e. The molecule has 0 bridgehead atoms. The van der Waals surface area contributed by atoms with Gasteiger partial charge in [0.1, 0.15) is 0 Å². The normalized spacial score (nSPS) is 18.4. The lowest BCUT2D eigenvalue weighted by molar-refractivity contribution is 0.0946. The topological polar surface area (TPSA) is 35.5 Å². The molecule has 0 N–H and O–H groups in total. The Bertz CT molecular complexity index is 210. The second-order valence-electron chi connectivity index (χ2n) is 5.05. The van der Waals surface area contributed by atoms with E-state index in [2.05, 4.69) is 0 Å². The minimum absolute atomic E-state index is 0.446. The van der Waals surface area contributed by atoms with Crippen molar-refractivity contribution in [2.75, 3.05) is 7.11 Å². The van der Waals surface area contributed by atoms with Crippen LogP contribution in [0.3, 0.4) is 0 Å². The molecule has 0 aliphatic carbocycles. The van der Waals surface area contributed by atoms with Gasteiger partial charge < -0.3 is 9.05 Å². The Kier molecular flexibility index (Phi) is 3.76. The van der Waals surface area contributed by atoms with Crippen LogP contribution in [0.4, 0.5) is 0 Å². The van der Waals surface area contributed by atoms with Gasteiger partial charge in [0.25, 0.3) is 0 Å². The minimum atomic E-state index is -3.01. The molecule has 3 nitrogen and oxygen atoms in total. The van der Waals surface area contributed by atoms with Gasteiger partial charge in [0.15, 0.2) is 0 Å². The third kappa shape index (κ3) is 3.80. The van der Waals surface area contributed by atoms with Gasteiger partial charge in [-0.05, 0) is 41.5 Å². The number of hydrogen-bond donors (Lipinski definition) is 0. The lowest BCUT2D eigenvalue weighted by Gasteiger charge is -2.33. The van der Waals surface area contributed by atoms with Gasteiger partial charge in [-0.15, -0.1) is 0 Å². The van der Waals surface area contributed by atoms with Gasteiger partial charge in [-0.2, -0.15) is 0 Å². The fraction of sp³-hybridized carbons (Fsp3) is 1.00. The zero-order chi connectivity index (χ0) is 10.9. The molecule has 0 spiro atoms. The molecule has 0 saturated carbocycles. The molecular weight excluding hydrogens is 187 g/mol. The van der Waals surface area contributed by atoms with Crippen LogP contribution >= 0.6 is 7.60 Å². The quantitative estimate of drug-likeness (QED) is 0.652. The van der Waals surface area contributed by atoms with Crippen LogP contribution in [-0.2, 0) is 13.6 Å². The van der Waals surface area contributed by atoms with Crippen molar-refractivity contribution in [3.05, 3.63) is 0 Å². The Morgan fingerprint density at radius 2 is 1.38 bits per heavy atom. The Morgan fingerprint density at radius 3 is 1.46 bits per heavy atom. The molecule has 4 heteroatoms. The lowest BCUT2D eigenvalue weighted by Crippen LogP contribution is -2.26. The maximum Gasteiger partial charge on any atom is 0.336 e. The molecule has 0 radical (unpaired) electrons. The molecule has 0 fully saturated rings. The van der Waals surface area contributed by atoms with E-state index in [4.69, 9.17) is 9.05 Å². The first-order valence-electron chi connectivity index (χ1n) is 4.38. The first-order valence-corrected chi connectivity index (χ1v) is 5.93. The van der Waals surface area contributed by atoms with Crippen LogP contribution in [0.25, 0.3) is 0 Å². The molecule has 0 saturated heterocycles. The third-order valence-corrected chi connectivity index (χ3v) is 4.37. The van der Waals surface area contributed by atoms with E-state index >= 15 is 0 Å². The molecule has 0 aliphatic heterocycles. The third-order valence-electron chi connectivity index (χ3n) is 1.46. The van der Waals surface area contributed by atoms with E-state index in [0.717, 1.165) is 0 Å². The van der Waals surface area contributed by atoms with Crippen molar-refractivity contribution in [1.29, 1.82) is 0 Å². The maximum atomic E-state index is 12.2. The van der Waals surface area contributed by atoms with Crippen LogP contribution in [0.2, 0.25) is 0 Å². The van der Waals surface area contributed by atoms with Gasteiger partial charge in [-0.1, -0.05) is 0 Å². The van der Waals surface area contributed by atoms with E-state index in [1.54, 1.807) is 0 Å². The summed E-state index contributed by atoms with van der Waals surface area (Å²) in [7, 11) is -1.58. The molecule has 0 aromatic heterocycles. The van der Waals surface area contributed by atoms with Crippen molar-refractivity contribution in [1.82, 2.24) is 0 Å². The van der Waals surface area contributed by atoms with E-state index < -0.39 is 18.4 Å². The summed E-state index contributed by atoms with van der Waals surface area (Å²) in [5, 5.41) is -0.477. The van der Waals surface area contributed by atoms with Crippen LogP contribution in [0.15, 0.2) is 0 Å². The van der Waals surface area contributed by atoms with Crippen LogP contribution in [0, 0.1) is 0 Å². The predicted molar refractivity (Wildman–Crippen MR) is 55.2 cm³/mol. The molecule has 1 atom stereocenters. The zero-order valence-corrected chi connectivity index (χ0v) is 10.6. The highest BCUT2D eigenvalue weighted by molar-refractivity contribution is 7.55. The van der Waals surface area contributed by atoms with Gasteiger partial charge in [0.05, 0.1) is 10.8 Å². The summed E-state index contributed by atoms with van der Waals surface area (Å²) in [6.45, 7) is 11.1. The van der Waals surface area contributed by atoms with E-state index in [0.29, 0.717) is 0 Å². The molecule has 80 valence electrons. The molecule has 1 unspecified atom stereocenters. The summed E-state index contributed by atoms with van der Waals surface area (Å²) in [6.07, 6.45) is 0. The van der Waals surface area contributed by atoms with E-state index in [1.165, 1.54) is 7.11 Å². The molecular formula is C9H21O3P. The predicted octanol–water partition coefficient (Wildman–Crippen LogP) is 3.44. The van der Waals surface area contributed by atoms with Crippen molar-refractivity contribution in [3.63, 3.8) is 0 Å². The average Bonchev–Trinajstić information content (AvgIpc) is 1.81. The van der Waals surface area contributed by atoms with Crippen molar-refractivity contribution >= 4 is 7.60 Å². The van der Waals surface area contributed by atoms with E-state index in [1.807, 2.05) is 41.5 Å². The van der Waals surface area contributed by atoms with Crippen LogP contribution in [-0.4, -0.2) is 17.9 Å². The van der Waals surface area contributed by atoms with Gasteiger partial charge in [-0.3, -0.25) is 4.57 Å². The van der Waals surface area contributed by atoms with Crippen molar-refractivity contribution in [2.24, 2.45) is 0 Å². The highest BCUT2D eigenvalue weighted by Crippen LogP contribution is 2.61. The van der Waals surface area contributed by atoms with Gasteiger partial charge in [0, 0.05) is 7.11 Å². The van der Waals surface area contributed by atoms with Crippen molar-refractivity contribution in [3.8, 4) is 0 Å². The summed E-state index contributed by atoms with van der Waals surface area (Å²) in [5.74, 6) is 0. The average molecular weight is 208 g/mol. The van der Waals surface area contributed by atoms with E-state index in [9.17, 15) is 4.57 Å². The summed E-state index contributed by atoms with van der Waals surface area (Å²) in [4.78, 5) is 0. The second kappa shape index (κ2) is 3.72. The van der Waals surface area contributed by atoms with E-state index in [-0.39, 0.29) is 0 Å². The number of rotatable bonds is 2. The summed E-state index contributed by atoms with van der Waals surface area (Å²) in [6, 6.07) is 0. The Labute approximate surface area is 81.3 Å². The zero-order valence-electron chi connectivity index (χ0n) is 9.67. The summed E-state index contributed by atoms with van der Waals surface area (Å²) < 4.78 is 22.7. The Morgan fingerprint density at radius 1 is 1.00 bits per heavy atom. The van der Waals surface area contributed by atoms with Gasteiger partial charge in [-0.25, -0.2) is 0 Å². The molecule has 0 heterocycles.